The van der Waals surface area contributed by atoms with Crippen LogP contribution >= 0.6 is 0 Å². The molecule has 14 heavy (non-hydrogen) atoms. The summed E-state index contributed by atoms with van der Waals surface area (Å²) in [6, 6.07) is 0.745. The van der Waals surface area contributed by atoms with Crippen molar-refractivity contribution in [1.82, 2.24) is 5.32 Å². The first kappa shape index (κ1) is 12.0. The van der Waals surface area contributed by atoms with Crippen molar-refractivity contribution in [2.45, 2.75) is 58.6 Å². The van der Waals surface area contributed by atoms with Gasteiger partial charge in [0, 0.05) is 19.7 Å². The fourth-order valence-corrected chi connectivity index (χ4v) is 2.15. The van der Waals surface area contributed by atoms with Crippen molar-refractivity contribution in [3.63, 3.8) is 0 Å². The predicted molar refractivity (Wildman–Crippen MR) is 60.5 cm³/mol. The van der Waals surface area contributed by atoms with E-state index in [-0.39, 0.29) is 5.41 Å². The van der Waals surface area contributed by atoms with Crippen LogP contribution in [0.2, 0.25) is 0 Å². The quantitative estimate of drug-likeness (QED) is 0.751. The van der Waals surface area contributed by atoms with Crippen LogP contribution in [0.5, 0.6) is 0 Å². The van der Waals surface area contributed by atoms with E-state index in [2.05, 4.69) is 26.1 Å². The first-order valence-electron chi connectivity index (χ1n) is 5.80. The average Bonchev–Trinajstić information content (AvgIpc) is 2.55. The molecule has 0 radical (unpaired) electrons. The van der Waals surface area contributed by atoms with Gasteiger partial charge in [0.15, 0.2) is 0 Å². The highest BCUT2D eigenvalue weighted by molar-refractivity contribution is 4.80. The Morgan fingerprint density at radius 2 is 1.86 bits per heavy atom. The molecule has 0 aromatic rings. The number of ether oxygens (including phenoxy) is 1. The molecular formula is C12H25NO. The summed E-state index contributed by atoms with van der Waals surface area (Å²) in [6.45, 7) is 7.69. The molecule has 1 aliphatic rings. The molecule has 84 valence electrons. The van der Waals surface area contributed by atoms with Crippen molar-refractivity contribution in [2.75, 3.05) is 13.7 Å². The molecule has 1 fully saturated rings. The fraction of sp³-hybridized carbons (Fsp3) is 1.00. The Balaban J connectivity index is 2.26. The average molecular weight is 199 g/mol. The summed E-state index contributed by atoms with van der Waals surface area (Å²) in [5, 5.41) is 3.61. The first-order chi connectivity index (χ1) is 6.54. The molecule has 0 saturated heterocycles. The fourth-order valence-electron chi connectivity index (χ4n) is 2.15. The Morgan fingerprint density at radius 1 is 1.29 bits per heavy atom. The monoisotopic (exact) mass is 199 g/mol. The topological polar surface area (TPSA) is 21.3 Å². The summed E-state index contributed by atoms with van der Waals surface area (Å²) in [7, 11) is 1.81. The van der Waals surface area contributed by atoms with Crippen molar-refractivity contribution in [1.29, 1.82) is 0 Å². The van der Waals surface area contributed by atoms with Gasteiger partial charge in [-0.15, -0.1) is 0 Å². The lowest BCUT2D eigenvalue weighted by atomic mass is 9.89. The van der Waals surface area contributed by atoms with Gasteiger partial charge in [-0.3, -0.25) is 0 Å². The van der Waals surface area contributed by atoms with E-state index in [0.717, 1.165) is 12.6 Å². The minimum absolute atomic E-state index is 0.236. The summed E-state index contributed by atoms with van der Waals surface area (Å²) in [5.74, 6) is 0. The molecule has 0 aliphatic heterocycles. The largest absolute Gasteiger partial charge is 0.380 e. The van der Waals surface area contributed by atoms with Gasteiger partial charge in [-0.05, 0) is 18.3 Å². The standard InChI is InChI=1S/C12H25NO/c1-12(2,3)11(14-4)9-13-10-7-5-6-8-10/h10-11,13H,5-9H2,1-4H3. The minimum atomic E-state index is 0.236. The smallest absolute Gasteiger partial charge is 0.0743 e. The zero-order valence-electron chi connectivity index (χ0n) is 10.1. The molecule has 0 aromatic carbocycles. The van der Waals surface area contributed by atoms with Gasteiger partial charge in [0.2, 0.25) is 0 Å². The van der Waals surface area contributed by atoms with Crippen LogP contribution in [-0.2, 0) is 4.74 Å². The van der Waals surface area contributed by atoms with Gasteiger partial charge in [0.05, 0.1) is 6.10 Å². The SMILES string of the molecule is COC(CNC1CCCC1)C(C)(C)C. The van der Waals surface area contributed by atoms with Crippen LogP contribution in [0.25, 0.3) is 0 Å². The molecule has 1 aliphatic carbocycles. The van der Waals surface area contributed by atoms with Gasteiger partial charge < -0.3 is 10.1 Å². The molecule has 0 spiro atoms. The van der Waals surface area contributed by atoms with E-state index in [9.17, 15) is 0 Å². The summed E-state index contributed by atoms with van der Waals surface area (Å²) in [4.78, 5) is 0. The number of rotatable bonds is 4. The zero-order chi connectivity index (χ0) is 10.6. The molecule has 1 unspecified atom stereocenters. The van der Waals surface area contributed by atoms with Crippen molar-refractivity contribution < 1.29 is 4.74 Å². The number of nitrogens with one attached hydrogen (secondary N) is 1. The first-order valence-corrected chi connectivity index (χ1v) is 5.80. The van der Waals surface area contributed by atoms with Crippen LogP contribution in [0.3, 0.4) is 0 Å². The second-order valence-electron chi connectivity index (χ2n) is 5.48. The lowest BCUT2D eigenvalue weighted by Crippen LogP contribution is -2.41. The third-order valence-electron chi connectivity index (χ3n) is 3.20. The molecule has 2 nitrogen and oxygen atoms in total. The van der Waals surface area contributed by atoms with Crippen LogP contribution in [-0.4, -0.2) is 25.8 Å². The molecule has 1 rings (SSSR count). The Hall–Kier alpha value is -0.0800. The van der Waals surface area contributed by atoms with Gasteiger partial charge in [0.25, 0.3) is 0 Å². The van der Waals surface area contributed by atoms with Crippen molar-refractivity contribution in [3.05, 3.63) is 0 Å². The second-order valence-corrected chi connectivity index (χ2v) is 5.48. The van der Waals surface area contributed by atoms with Gasteiger partial charge in [-0.1, -0.05) is 33.6 Å². The van der Waals surface area contributed by atoms with Gasteiger partial charge in [0.1, 0.15) is 0 Å². The van der Waals surface area contributed by atoms with Crippen LogP contribution in [0.4, 0.5) is 0 Å². The normalized spacial score (nSPS) is 21.4. The van der Waals surface area contributed by atoms with E-state index >= 15 is 0 Å². The summed E-state index contributed by atoms with van der Waals surface area (Å²) in [5.41, 5.74) is 0.236. The zero-order valence-corrected chi connectivity index (χ0v) is 10.1. The van der Waals surface area contributed by atoms with Crippen LogP contribution in [0.15, 0.2) is 0 Å². The lowest BCUT2D eigenvalue weighted by Gasteiger charge is -2.30. The van der Waals surface area contributed by atoms with Crippen molar-refractivity contribution in [2.24, 2.45) is 5.41 Å². The van der Waals surface area contributed by atoms with E-state index in [1.54, 1.807) is 0 Å². The maximum atomic E-state index is 5.51. The molecule has 0 amide bonds. The molecule has 0 bridgehead atoms. The van der Waals surface area contributed by atoms with Crippen molar-refractivity contribution in [3.8, 4) is 0 Å². The number of hydrogen-bond acceptors (Lipinski definition) is 2. The molecule has 1 N–H and O–H groups in total. The Bertz CT molecular complexity index is 156. The molecule has 1 saturated carbocycles. The third-order valence-corrected chi connectivity index (χ3v) is 3.20. The number of hydrogen-bond donors (Lipinski definition) is 1. The van der Waals surface area contributed by atoms with Crippen LogP contribution in [0, 0.1) is 5.41 Å². The molecule has 2 heteroatoms. The Morgan fingerprint density at radius 3 is 2.29 bits per heavy atom. The van der Waals surface area contributed by atoms with E-state index < -0.39 is 0 Å². The lowest BCUT2D eigenvalue weighted by molar-refractivity contribution is 0.0158. The maximum Gasteiger partial charge on any atom is 0.0743 e. The summed E-state index contributed by atoms with van der Waals surface area (Å²) >= 11 is 0. The second kappa shape index (κ2) is 5.13. The number of methoxy groups -OCH3 is 1. The highest BCUT2D eigenvalue weighted by Gasteiger charge is 2.25. The predicted octanol–water partition coefficient (Wildman–Crippen LogP) is 2.58. The van der Waals surface area contributed by atoms with E-state index in [4.69, 9.17) is 4.74 Å². The van der Waals surface area contributed by atoms with Gasteiger partial charge in [-0.25, -0.2) is 0 Å². The molecule has 0 heterocycles. The minimum Gasteiger partial charge on any atom is -0.380 e. The van der Waals surface area contributed by atoms with Crippen LogP contribution in [0.1, 0.15) is 46.5 Å². The molecular weight excluding hydrogens is 174 g/mol. The highest BCUT2D eigenvalue weighted by Crippen LogP contribution is 2.22. The highest BCUT2D eigenvalue weighted by atomic mass is 16.5. The van der Waals surface area contributed by atoms with E-state index in [1.807, 2.05) is 7.11 Å². The van der Waals surface area contributed by atoms with Crippen molar-refractivity contribution >= 4 is 0 Å². The summed E-state index contributed by atoms with van der Waals surface area (Å²) in [6.07, 6.45) is 5.81. The van der Waals surface area contributed by atoms with Crippen LogP contribution < -0.4 is 5.32 Å². The maximum absolute atomic E-state index is 5.51. The third kappa shape index (κ3) is 3.58. The van der Waals surface area contributed by atoms with Gasteiger partial charge >= 0.3 is 0 Å². The molecule has 0 aromatic heterocycles. The van der Waals surface area contributed by atoms with Gasteiger partial charge in [-0.2, -0.15) is 0 Å². The molecule has 1 atom stereocenters. The van der Waals surface area contributed by atoms with E-state index in [1.165, 1.54) is 25.7 Å². The van der Waals surface area contributed by atoms with E-state index in [0.29, 0.717) is 6.10 Å². The Kier molecular flexibility index (Phi) is 4.39. The Labute approximate surface area is 88.4 Å². The summed E-state index contributed by atoms with van der Waals surface area (Å²) < 4.78 is 5.51.